The predicted octanol–water partition coefficient (Wildman–Crippen LogP) is 10.6. The molecule has 0 spiro atoms. The van der Waals surface area contributed by atoms with Gasteiger partial charge in [0, 0.05) is 17.1 Å². The van der Waals surface area contributed by atoms with E-state index < -0.39 is 15.8 Å². The fourth-order valence-electron chi connectivity index (χ4n) is 7.44. The maximum absolute atomic E-state index is 2.59. The molecule has 0 heterocycles. The molecule has 0 saturated heterocycles. The molecule has 0 amide bonds. The molecule has 2 unspecified atom stereocenters. The molecule has 0 aromatic heterocycles. The smallest absolute Gasteiger partial charge is 0 e. The van der Waals surface area contributed by atoms with Crippen LogP contribution in [0.5, 0.6) is 0 Å². The molecule has 4 aromatic rings. The van der Waals surface area contributed by atoms with Crippen molar-refractivity contribution in [1.29, 1.82) is 0 Å². The summed E-state index contributed by atoms with van der Waals surface area (Å²) < 4.78 is 0. The minimum absolute atomic E-state index is 0. The number of hydrogen-bond acceptors (Lipinski definition) is 0. The Bertz CT molecular complexity index is 1270. The van der Waals surface area contributed by atoms with Crippen molar-refractivity contribution >= 4 is 37.1 Å². The molecule has 0 bridgehead atoms. The van der Waals surface area contributed by atoms with E-state index in [0.717, 1.165) is 11.6 Å². The van der Waals surface area contributed by atoms with Crippen LogP contribution in [0, 0.1) is 33.6 Å². The van der Waals surface area contributed by atoms with Gasteiger partial charge in [-0.15, -0.1) is 0 Å². The molecule has 6 rings (SSSR count). The topological polar surface area (TPSA) is 0 Å². The van der Waals surface area contributed by atoms with Gasteiger partial charge in [0.25, 0.3) is 0 Å². The Labute approximate surface area is 282 Å². The first-order valence-corrected chi connectivity index (χ1v) is 19.1. The fourth-order valence-corrected chi connectivity index (χ4v) is 14.2. The molecule has 3 atom stereocenters. The van der Waals surface area contributed by atoms with Gasteiger partial charge in [-0.25, -0.2) is 0 Å². The van der Waals surface area contributed by atoms with Crippen molar-refractivity contribution in [3.8, 4) is 0 Å². The molecule has 2 fully saturated rings. The molecule has 3 heteroatoms. The third kappa shape index (κ3) is 9.40. The Hall–Kier alpha value is -1.74. The minimum atomic E-state index is -0.467. The first-order valence-electron chi connectivity index (χ1n) is 16.3. The zero-order valence-corrected chi connectivity index (χ0v) is 29.8. The summed E-state index contributed by atoms with van der Waals surface area (Å²) >= 11 is 0. The zero-order chi connectivity index (χ0) is 29.5. The van der Waals surface area contributed by atoms with Crippen molar-refractivity contribution in [2.24, 2.45) is 5.92 Å². The van der Waals surface area contributed by atoms with Gasteiger partial charge in [-0.1, -0.05) is 172 Å². The molecular formula is C41H54FeP2. The summed E-state index contributed by atoms with van der Waals surface area (Å²) in [6.45, 7) is 11.6. The van der Waals surface area contributed by atoms with Gasteiger partial charge >= 0.3 is 0 Å². The van der Waals surface area contributed by atoms with Gasteiger partial charge in [-0.05, 0) is 94.8 Å². The second-order valence-corrected chi connectivity index (χ2v) is 17.8. The fraction of sp³-hybridized carbons (Fsp3) is 0.415. The predicted molar refractivity (Wildman–Crippen MR) is 197 cm³/mol. The van der Waals surface area contributed by atoms with Gasteiger partial charge in [0.15, 0.2) is 0 Å². The van der Waals surface area contributed by atoms with Crippen LogP contribution in [0.3, 0.4) is 0 Å². The second-order valence-electron chi connectivity index (χ2n) is 12.8. The molecule has 2 aliphatic carbocycles. The van der Waals surface area contributed by atoms with Crippen molar-refractivity contribution < 1.29 is 17.1 Å². The van der Waals surface area contributed by atoms with E-state index in [0.29, 0.717) is 5.66 Å². The summed E-state index contributed by atoms with van der Waals surface area (Å²) in [7, 11) is -0.868. The Kier molecular flexibility index (Phi) is 14.9. The standard InChI is InChI=1S/C35H40P2.C5H10.CH4.Fe/c1-25-19-26(2)22-32(21-25)36(33-23-27(3)20-28(4)24-33)29(5)34-17-12-18-35(34)37(30-13-8-6-9-14-30)31-15-10-7-11-16-31;1-2-4-5-3-1;;/h6-11,13-16,19-24,29,34-35H,12,17-18H2,1-5H3;1-5H2;1H4;/t29-,34?,35?;;;/m1.../s1. The van der Waals surface area contributed by atoms with E-state index in [1.807, 2.05) is 0 Å². The third-order valence-corrected chi connectivity index (χ3v) is 15.0. The molecule has 0 aliphatic heterocycles. The molecule has 4 aromatic carbocycles. The van der Waals surface area contributed by atoms with Crippen LogP contribution in [0.1, 0.15) is 88.0 Å². The van der Waals surface area contributed by atoms with E-state index in [4.69, 9.17) is 0 Å². The van der Waals surface area contributed by atoms with Crippen molar-refractivity contribution in [2.75, 3.05) is 0 Å². The third-order valence-electron chi connectivity index (χ3n) is 9.18. The van der Waals surface area contributed by atoms with Crippen molar-refractivity contribution in [2.45, 2.75) is 105 Å². The van der Waals surface area contributed by atoms with Crippen LogP contribution in [-0.4, -0.2) is 11.3 Å². The number of hydrogen-bond donors (Lipinski definition) is 0. The minimum Gasteiger partial charge on any atom is -0.0776 e. The maximum atomic E-state index is 2.59. The molecule has 2 aliphatic rings. The van der Waals surface area contributed by atoms with Gasteiger partial charge in [0.2, 0.25) is 0 Å². The van der Waals surface area contributed by atoms with E-state index in [2.05, 4.69) is 132 Å². The van der Waals surface area contributed by atoms with Crippen molar-refractivity contribution in [3.63, 3.8) is 0 Å². The summed E-state index contributed by atoms with van der Waals surface area (Å²) in [5, 5.41) is 6.18. The first-order chi connectivity index (χ1) is 20.4. The second kappa shape index (κ2) is 17.8. The van der Waals surface area contributed by atoms with Gasteiger partial charge in [-0.3, -0.25) is 0 Å². The zero-order valence-electron chi connectivity index (χ0n) is 26.9. The van der Waals surface area contributed by atoms with Crippen LogP contribution in [0.4, 0.5) is 0 Å². The van der Waals surface area contributed by atoms with Gasteiger partial charge in [0.05, 0.1) is 0 Å². The number of aryl methyl sites for hydroxylation is 4. The van der Waals surface area contributed by atoms with E-state index >= 15 is 0 Å². The largest absolute Gasteiger partial charge is 0.0776 e. The summed E-state index contributed by atoms with van der Waals surface area (Å²) in [6, 6.07) is 37.4. The Morgan fingerprint density at radius 2 is 0.909 bits per heavy atom. The molecule has 0 N–H and O–H groups in total. The van der Waals surface area contributed by atoms with Crippen LogP contribution in [0.2, 0.25) is 0 Å². The van der Waals surface area contributed by atoms with Crippen LogP contribution in [0.15, 0.2) is 97.1 Å². The van der Waals surface area contributed by atoms with Crippen LogP contribution >= 0.6 is 15.8 Å². The molecule has 44 heavy (non-hydrogen) atoms. The first kappa shape index (κ1) is 36.7. The quantitative estimate of drug-likeness (QED) is 0.136. The van der Waals surface area contributed by atoms with Crippen LogP contribution in [-0.2, 0) is 17.1 Å². The van der Waals surface area contributed by atoms with E-state index in [1.165, 1.54) is 84.2 Å². The summed E-state index contributed by atoms with van der Waals surface area (Å²) in [5.41, 5.74) is 6.89. The van der Waals surface area contributed by atoms with E-state index in [1.54, 1.807) is 10.6 Å². The van der Waals surface area contributed by atoms with Gasteiger partial charge in [0.1, 0.15) is 0 Å². The molecule has 0 nitrogen and oxygen atoms in total. The molecule has 0 radical (unpaired) electrons. The molecular weight excluding hydrogens is 610 g/mol. The van der Waals surface area contributed by atoms with Crippen LogP contribution < -0.4 is 21.2 Å². The van der Waals surface area contributed by atoms with Crippen LogP contribution in [0.25, 0.3) is 0 Å². The normalized spacial score (nSPS) is 18.2. The van der Waals surface area contributed by atoms with E-state index in [9.17, 15) is 0 Å². The molecule has 2 saturated carbocycles. The summed E-state index contributed by atoms with van der Waals surface area (Å²) in [4.78, 5) is 0. The Morgan fingerprint density at radius 1 is 0.523 bits per heavy atom. The summed E-state index contributed by atoms with van der Waals surface area (Å²) in [6.07, 6.45) is 11.5. The van der Waals surface area contributed by atoms with Crippen molar-refractivity contribution in [1.82, 2.24) is 0 Å². The van der Waals surface area contributed by atoms with Gasteiger partial charge < -0.3 is 0 Å². The monoisotopic (exact) mass is 664 g/mol. The van der Waals surface area contributed by atoms with Crippen molar-refractivity contribution in [3.05, 3.63) is 119 Å². The SMILES string of the molecule is C.C1CCCC1.Cc1cc(C)cc(P(c2cc(C)cc(C)c2)[C@H](C)C2CCCC2P(c2ccccc2)c2ccccc2)c1.[Fe]. The maximum Gasteiger partial charge on any atom is 0 e. The average Bonchev–Trinajstić information content (AvgIpc) is 3.70. The molecule has 236 valence electrons. The van der Waals surface area contributed by atoms with E-state index in [-0.39, 0.29) is 24.5 Å². The average molecular weight is 665 g/mol. The van der Waals surface area contributed by atoms with Gasteiger partial charge in [-0.2, -0.15) is 0 Å². The Balaban J connectivity index is 0.000000688. The summed E-state index contributed by atoms with van der Waals surface area (Å²) in [5.74, 6) is 0.722. The number of benzene rings is 4. The number of rotatable bonds is 7. The Morgan fingerprint density at radius 3 is 1.30 bits per heavy atom.